The van der Waals surface area contributed by atoms with E-state index in [0.717, 1.165) is 11.3 Å². The summed E-state index contributed by atoms with van der Waals surface area (Å²) in [5, 5.41) is 6.97. The van der Waals surface area contributed by atoms with E-state index in [1.807, 2.05) is 0 Å². The first-order valence-electron chi connectivity index (χ1n) is 7.65. The third-order valence-electron chi connectivity index (χ3n) is 3.44. The molecule has 1 fully saturated rings. The molecule has 0 unspecified atom stereocenters. The number of rotatable bonds is 9. The molecule has 31 heavy (non-hydrogen) atoms. The number of carbonyl (C=O) groups excluding carboxylic acids is 4. The third-order valence-corrected chi connectivity index (χ3v) is 5.06. The van der Waals surface area contributed by atoms with Crippen LogP contribution in [-0.2, 0) is 34.3 Å². The first-order chi connectivity index (χ1) is 13.9. The quantitative estimate of drug-likeness (QED) is 0.0731. The first kappa shape index (κ1) is 26.5. The van der Waals surface area contributed by atoms with Crippen molar-refractivity contribution in [2.24, 2.45) is 16.6 Å². The van der Waals surface area contributed by atoms with Crippen LogP contribution in [0.25, 0.3) is 0 Å². The van der Waals surface area contributed by atoms with Gasteiger partial charge in [-0.3, -0.25) is 18.9 Å². The van der Waals surface area contributed by atoms with Crippen molar-refractivity contribution < 1.29 is 41.7 Å². The second-order valence-corrected chi connectivity index (χ2v) is 7.69. The number of nitrogens with two attached hydrogens (primary N) is 3. The van der Waals surface area contributed by atoms with Gasteiger partial charge in [0, 0.05) is 5.38 Å². The number of nitrogens with zero attached hydrogens (tertiary/aromatic N) is 3. The molecular weight excluding hydrogens is 473 g/mol. The number of nitrogen functional groups attached to an aromatic ring is 1. The van der Waals surface area contributed by atoms with E-state index < -0.39 is 65.1 Å². The fourth-order valence-corrected chi connectivity index (χ4v) is 3.68. The van der Waals surface area contributed by atoms with E-state index in [9.17, 15) is 27.6 Å². The number of oxime groups is 1. The van der Waals surface area contributed by atoms with Crippen LogP contribution in [0.3, 0.4) is 0 Å². The van der Waals surface area contributed by atoms with E-state index in [1.54, 1.807) is 0 Å². The van der Waals surface area contributed by atoms with Gasteiger partial charge in [-0.05, 0) is 0 Å². The Bertz CT molecular complexity index is 1010. The summed E-state index contributed by atoms with van der Waals surface area (Å²) in [6.07, 6.45) is -1.28. The summed E-state index contributed by atoms with van der Waals surface area (Å²) in [5.74, 6) is -3.20. The molecule has 16 nitrogen and oxygen atoms in total. The second kappa shape index (κ2) is 10.7. The molecule has 0 radical (unpaired) electrons. The second-order valence-electron chi connectivity index (χ2n) is 5.51. The van der Waals surface area contributed by atoms with Crippen LogP contribution >= 0.6 is 11.3 Å². The Labute approximate surface area is 200 Å². The summed E-state index contributed by atoms with van der Waals surface area (Å²) >= 11 is 0.944. The van der Waals surface area contributed by atoms with Crippen molar-refractivity contribution >= 4 is 85.9 Å². The normalized spacial score (nSPS) is 18.4. The number of β-lactam (4-membered cyclic amide) rings is 1. The molecule has 2 atom stereocenters. The Kier molecular flexibility index (Phi) is 9.14. The van der Waals surface area contributed by atoms with E-state index in [1.165, 1.54) is 5.38 Å². The van der Waals surface area contributed by atoms with Crippen LogP contribution in [0.5, 0.6) is 0 Å². The van der Waals surface area contributed by atoms with Crippen LogP contribution in [0.15, 0.2) is 10.5 Å². The zero-order valence-corrected chi connectivity index (χ0v) is 16.4. The number of primary amides is 2. The molecule has 0 bridgehead atoms. The maximum absolute atomic E-state index is 12.6. The number of amides is 4. The van der Waals surface area contributed by atoms with Crippen molar-refractivity contribution in [2.45, 2.75) is 12.1 Å². The van der Waals surface area contributed by atoms with E-state index in [4.69, 9.17) is 21.8 Å². The molecule has 0 spiro atoms. The van der Waals surface area contributed by atoms with Crippen molar-refractivity contribution in [2.75, 3.05) is 18.9 Å². The molecule has 166 valence electrons. The van der Waals surface area contributed by atoms with E-state index in [-0.39, 0.29) is 44.7 Å². The predicted molar refractivity (Wildman–Crippen MR) is 105 cm³/mol. The van der Waals surface area contributed by atoms with Gasteiger partial charge in [0.15, 0.2) is 17.5 Å². The Balaban J connectivity index is 0.00000480. The molecule has 2 rings (SSSR count). The van der Waals surface area contributed by atoms with Crippen molar-refractivity contribution in [3.05, 3.63) is 11.1 Å². The molecule has 8 N–H and O–H groups in total. The molecule has 0 aliphatic carbocycles. The molecule has 1 aromatic rings. The number of hydrogen-bond acceptors (Lipinski definition) is 12. The molecule has 0 aromatic carbocycles. The molecule has 19 heteroatoms. The van der Waals surface area contributed by atoms with Gasteiger partial charge < -0.3 is 32.1 Å². The summed E-state index contributed by atoms with van der Waals surface area (Å²) in [6, 6.07) is -3.03. The zero-order chi connectivity index (χ0) is 22.6. The van der Waals surface area contributed by atoms with Gasteiger partial charge in [0.2, 0.25) is 0 Å². The Morgan fingerprint density at radius 1 is 1.35 bits per heavy atom. The Hall–Kier alpha value is -2.51. The summed E-state index contributed by atoms with van der Waals surface area (Å²) < 4.78 is 36.3. The first-order valence-corrected chi connectivity index (χ1v) is 9.93. The molecule has 0 saturated carbocycles. The standard InChI is InChI=1S/C12H15N7O9S2.Na.H/c13-6(20)2-28-18-7(4-3-29-11(14)16-4)9(21)17-8-5(1-27-12(15)23)19(10(8)22)30(24,25)26;;/h3,5,8H,1-2H2,(H2,13,20)(H2,14,16)(H2,15,23)(H,17,21)(H,24,25,26);;/t5-,8+;;/m1../s1. The molecule has 1 aliphatic heterocycles. The van der Waals surface area contributed by atoms with Crippen LogP contribution in [0, 0.1) is 0 Å². The van der Waals surface area contributed by atoms with Gasteiger partial charge in [-0.25, -0.2) is 14.1 Å². The average molecular weight is 489 g/mol. The molecule has 2 heterocycles. The van der Waals surface area contributed by atoms with Crippen LogP contribution in [0.2, 0.25) is 0 Å². The van der Waals surface area contributed by atoms with Crippen LogP contribution < -0.4 is 22.5 Å². The van der Waals surface area contributed by atoms with Crippen LogP contribution in [-0.4, -0.2) is 107 Å². The van der Waals surface area contributed by atoms with E-state index in [0.29, 0.717) is 0 Å². The third kappa shape index (κ3) is 6.74. The maximum atomic E-state index is 12.6. The average Bonchev–Trinajstić information content (AvgIpc) is 3.04. The minimum atomic E-state index is -5.01. The molecule has 1 aromatic heterocycles. The summed E-state index contributed by atoms with van der Waals surface area (Å²) in [6.45, 7) is -1.43. The van der Waals surface area contributed by atoms with Crippen molar-refractivity contribution in [3.8, 4) is 0 Å². The number of carbonyl (C=O) groups is 4. The minimum absolute atomic E-state index is 0. The Morgan fingerprint density at radius 2 is 2.00 bits per heavy atom. The van der Waals surface area contributed by atoms with Crippen LogP contribution in [0.1, 0.15) is 5.69 Å². The van der Waals surface area contributed by atoms with Gasteiger partial charge in [0.1, 0.15) is 24.4 Å². The van der Waals surface area contributed by atoms with Gasteiger partial charge in [-0.1, -0.05) is 5.16 Å². The predicted octanol–water partition coefficient (Wildman–Crippen LogP) is -4.12. The van der Waals surface area contributed by atoms with Gasteiger partial charge >= 0.3 is 46.0 Å². The van der Waals surface area contributed by atoms with E-state index >= 15 is 0 Å². The summed E-state index contributed by atoms with van der Waals surface area (Å²) in [4.78, 5) is 54.7. The molecule has 4 amide bonds. The monoisotopic (exact) mass is 489 g/mol. The van der Waals surface area contributed by atoms with E-state index in [2.05, 4.69) is 25.0 Å². The number of aromatic nitrogens is 1. The zero-order valence-electron chi connectivity index (χ0n) is 14.7. The Morgan fingerprint density at radius 3 is 2.48 bits per heavy atom. The topological polar surface area (TPSA) is 260 Å². The van der Waals surface area contributed by atoms with Gasteiger partial charge in [-0.15, -0.1) is 11.3 Å². The molecule has 1 saturated heterocycles. The van der Waals surface area contributed by atoms with Gasteiger partial charge in [-0.2, -0.15) is 8.42 Å². The summed E-state index contributed by atoms with van der Waals surface area (Å²) in [5.41, 5.74) is 14.6. The van der Waals surface area contributed by atoms with Crippen LogP contribution in [0.4, 0.5) is 9.93 Å². The number of hydrogen-bond donors (Lipinski definition) is 5. The van der Waals surface area contributed by atoms with Crippen molar-refractivity contribution in [1.29, 1.82) is 0 Å². The van der Waals surface area contributed by atoms with Gasteiger partial charge in [0.25, 0.3) is 17.7 Å². The number of thiazole rings is 1. The molecular formula is C12H16N7NaO9S2. The van der Waals surface area contributed by atoms with Crippen molar-refractivity contribution in [1.82, 2.24) is 14.6 Å². The number of nitrogens with one attached hydrogen (secondary N) is 1. The SMILES string of the molecule is NC(=O)CON=C(C(=O)N[C@@H]1C(=O)N(S(=O)(=O)O)[C@@H]1COC(N)=O)c1csc(N)n1.[NaH]. The fraction of sp³-hybridized carbons (Fsp3) is 0.333. The number of anilines is 1. The van der Waals surface area contributed by atoms with Gasteiger partial charge in [0.05, 0.1) is 0 Å². The van der Waals surface area contributed by atoms with Crippen molar-refractivity contribution in [3.63, 3.8) is 0 Å². The fourth-order valence-electron chi connectivity index (χ4n) is 2.26. The number of ether oxygens (including phenoxy) is 1. The molecule has 1 aliphatic rings. The summed E-state index contributed by atoms with van der Waals surface area (Å²) in [7, 11) is -5.01.